The van der Waals surface area contributed by atoms with Gasteiger partial charge in [0.1, 0.15) is 0 Å². The number of thioether (sulfide) groups is 1. The molecule has 1 heterocycles. The molecule has 20 heavy (non-hydrogen) atoms. The molecule has 3 nitrogen and oxygen atoms in total. The molecular weight excluding hydrogens is 268 g/mol. The van der Waals surface area contributed by atoms with Crippen molar-refractivity contribution in [2.75, 3.05) is 18.8 Å². The van der Waals surface area contributed by atoms with Crippen LogP contribution in [0.1, 0.15) is 37.8 Å². The maximum absolute atomic E-state index is 12.3. The molecule has 0 radical (unpaired) electrons. The second kappa shape index (κ2) is 7.70. The average Bonchev–Trinajstić information content (AvgIpc) is 2.53. The Kier molecular flexibility index (Phi) is 5.92. The van der Waals surface area contributed by atoms with Gasteiger partial charge < -0.3 is 10.6 Å². The number of benzene rings is 1. The second-order valence-electron chi connectivity index (χ2n) is 5.30. The Morgan fingerprint density at radius 1 is 1.45 bits per heavy atom. The lowest BCUT2D eigenvalue weighted by atomic mass is 10.0. The maximum Gasteiger partial charge on any atom is 0.222 e. The van der Waals surface area contributed by atoms with Gasteiger partial charge in [-0.15, -0.1) is 0 Å². The van der Waals surface area contributed by atoms with Gasteiger partial charge in [0.05, 0.1) is 0 Å². The normalized spacial score (nSPS) is 20.7. The maximum atomic E-state index is 12.3. The first-order chi connectivity index (χ1) is 9.70. The summed E-state index contributed by atoms with van der Waals surface area (Å²) in [4.78, 5) is 14.3. The van der Waals surface area contributed by atoms with Gasteiger partial charge in [0.2, 0.25) is 5.91 Å². The summed E-state index contributed by atoms with van der Waals surface area (Å²) in [7, 11) is 0. The van der Waals surface area contributed by atoms with Gasteiger partial charge in [0.25, 0.3) is 0 Å². The van der Waals surface area contributed by atoms with Crippen molar-refractivity contribution < 1.29 is 4.79 Å². The summed E-state index contributed by atoms with van der Waals surface area (Å²) >= 11 is 1.99. The van der Waals surface area contributed by atoms with Gasteiger partial charge in [-0.2, -0.15) is 11.8 Å². The van der Waals surface area contributed by atoms with E-state index in [1.165, 1.54) is 0 Å². The molecule has 2 unspecified atom stereocenters. The molecule has 1 amide bonds. The summed E-state index contributed by atoms with van der Waals surface area (Å²) in [5.41, 5.74) is 7.26. The molecule has 1 saturated heterocycles. The number of nitrogens with two attached hydrogens (primary N) is 1. The van der Waals surface area contributed by atoms with Crippen molar-refractivity contribution in [2.24, 2.45) is 5.73 Å². The zero-order valence-electron chi connectivity index (χ0n) is 12.1. The summed E-state index contributed by atoms with van der Waals surface area (Å²) in [5.74, 6) is 1.32. The van der Waals surface area contributed by atoms with E-state index >= 15 is 0 Å². The van der Waals surface area contributed by atoms with Crippen LogP contribution in [0.25, 0.3) is 0 Å². The molecule has 4 heteroatoms. The molecule has 2 rings (SSSR count). The fourth-order valence-electron chi connectivity index (χ4n) is 2.50. The van der Waals surface area contributed by atoms with Crippen LogP contribution in [0.2, 0.25) is 0 Å². The zero-order chi connectivity index (χ0) is 14.4. The molecule has 1 aliphatic heterocycles. The average molecular weight is 292 g/mol. The first kappa shape index (κ1) is 15.4. The van der Waals surface area contributed by atoms with E-state index in [9.17, 15) is 4.79 Å². The lowest BCUT2D eigenvalue weighted by Crippen LogP contribution is -2.41. The number of amides is 1. The number of nitrogens with zero attached hydrogens (tertiary/aromatic N) is 1. The third-order valence-corrected chi connectivity index (χ3v) is 5.22. The Morgan fingerprint density at radius 3 is 2.90 bits per heavy atom. The van der Waals surface area contributed by atoms with Crippen molar-refractivity contribution in [1.29, 1.82) is 0 Å². The Balaban J connectivity index is 1.80. The molecule has 2 atom stereocenters. The zero-order valence-corrected chi connectivity index (χ0v) is 12.9. The predicted molar refractivity (Wildman–Crippen MR) is 85.7 cm³/mol. The van der Waals surface area contributed by atoms with Crippen LogP contribution < -0.4 is 5.73 Å². The van der Waals surface area contributed by atoms with Crippen LogP contribution in [0, 0.1) is 0 Å². The van der Waals surface area contributed by atoms with Crippen LogP contribution in [-0.4, -0.2) is 34.9 Å². The Hall–Kier alpha value is -1.00. The van der Waals surface area contributed by atoms with Crippen LogP contribution in [0.15, 0.2) is 30.3 Å². The van der Waals surface area contributed by atoms with E-state index in [-0.39, 0.29) is 11.9 Å². The Labute approximate surface area is 125 Å². The van der Waals surface area contributed by atoms with Crippen LogP contribution in [0.5, 0.6) is 0 Å². The van der Waals surface area contributed by atoms with Crippen molar-refractivity contribution in [3.8, 4) is 0 Å². The molecular formula is C16H24N2OS. The summed E-state index contributed by atoms with van der Waals surface area (Å²) in [6.07, 6.45) is 2.42. The molecule has 110 valence electrons. The van der Waals surface area contributed by atoms with E-state index in [0.717, 1.165) is 37.2 Å². The SMILES string of the molecule is CCC1CN(C(=O)CCC(N)c2ccccc2)CCS1. The second-order valence-corrected chi connectivity index (χ2v) is 6.70. The van der Waals surface area contributed by atoms with Crippen molar-refractivity contribution in [3.05, 3.63) is 35.9 Å². The van der Waals surface area contributed by atoms with Crippen LogP contribution in [0.3, 0.4) is 0 Å². The molecule has 1 aliphatic rings. The van der Waals surface area contributed by atoms with Gasteiger partial charge in [0, 0.05) is 36.6 Å². The molecule has 0 bridgehead atoms. The highest BCUT2D eigenvalue weighted by Gasteiger charge is 2.23. The van der Waals surface area contributed by atoms with Crippen molar-refractivity contribution in [2.45, 2.75) is 37.5 Å². The number of hydrogen-bond donors (Lipinski definition) is 1. The molecule has 1 aromatic rings. The third kappa shape index (κ3) is 4.25. The minimum absolute atomic E-state index is 0.0405. The molecule has 2 N–H and O–H groups in total. The van der Waals surface area contributed by atoms with Gasteiger partial charge in [-0.3, -0.25) is 4.79 Å². The van der Waals surface area contributed by atoms with E-state index in [0.29, 0.717) is 11.7 Å². The first-order valence-electron chi connectivity index (χ1n) is 7.40. The highest BCUT2D eigenvalue weighted by Crippen LogP contribution is 2.22. The molecule has 1 aromatic carbocycles. The smallest absolute Gasteiger partial charge is 0.222 e. The fourth-order valence-corrected chi connectivity index (χ4v) is 3.68. The summed E-state index contributed by atoms with van der Waals surface area (Å²) in [6, 6.07) is 9.98. The van der Waals surface area contributed by atoms with Gasteiger partial charge in [0.15, 0.2) is 0 Å². The van der Waals surface area contributed by atoms with E-state index in [1.54, 1.807) is 0 Å². The lowest BCUT2D eigenvalue weighted by Gasteiger charge is -2.32. The molecule has 1 fully saturated rings. The number of rotatable bonds is 5. The largest absolute Gasteiger partial charge is 0.341 e. The van der Waals surface area contributed by atoms with Crippen LogP contribution >= 0.6 is 11.8 Å². The van der Waals surface area contributed by atoms with Crippen molar-refractivity contribution in [3.63, 3.8) is 0 Å². The molecule has 0 aromatic heterocycles. The van der Waals surface area contributed by atoms with Crippen LogP contribution in [0.4, 0.5) is 0 Å². The topological polar surface area (TPSA) is 46.3 Å². The number of hydrogen-bond acceptors (Lipinski definition) is 3. The van der Waals surface area contributed by atoms with Gasteiger partial charge in [-0.05, 0) is 18.4 Å². The van der Waals surface area contributed by atoms with Gasteiger partial charge >= 0.3 is 0 Å². The van der Waals surface area contributed by atoms with E-state index < -0.39 is 0 Å². The quantitative estimate of drug-likeness (QED) is 0.907. The Bertz CT molecular complexity index is 424. The highest BCUT2D eigenvalue weighted by molar-refractivity contribution is 8.00. The summed E-state index contributed by atoms with van der Waals surface area (Å²) < 4.78 is 0. The molecule has 0 aliphatic carbocycles. The summed E-state index contributed by atoms with van der Waals surface area (Å²) in [6.45, 7) is 3.98. The third-order valence-electron chi connectivity index (χ3n) is 3.84. The van der Waals surface area contributed by atoms with Gasteiger partial charge in [-0.25, -0.2) is 0 Å². The monoisotopic (exact) mass is 292 g/mol. The van der Waals surface area contributed by atoms with E-state index in [4.69, 9.17) is 5.73 Å². The lowest BCUT2D eigenvalue weighted by molar-refractivity contribution is -0.131. The number of carbonyl (C=O) groups is 1. The standard InChI is InChI=1S/C16H24N2OS/c1-2-14-12-18(10-11-20-14)16(19)9-8-15(17)13-6-4-3-5-7-13/h3-7,14-15H,2,8-12,17H2,1H3. The highest BCUT2D eigenvalue weighted by atomic mass is 32.2. The fraction of sp³-hybridized carbons (Fsp3) is 0.562. The predicted octanol–water partition coefficient (Wildman–Crippen LogP) is 2.82. The minimum Gasteiger partial charge on any atom is -0.341 e. The van der Waals surface area contributed by atoms with Crippen molar-refractivity contribution >= 4 is 17.7 Å². The van der Waals surface area contributed by atoms with E-state index in [2.05, 4.69) is 6.92 Å². The van der Waals surface area contributed by atoms with Crippen molar-refractivity contribution in [1.82, 2.24) is 4.90 Å². The van der Waals surface area contributed by atoms with E-state index in [1.807, 2.05) is 47.0 Å². The van der Waals surface area contributed by atoms with Crippen LogP contribution in [-0.2, 0) is 4.79 Å². The first-order valence-corrected chi connectivity index (χ1v) is 8.45. The molecule has 0 saturated carbocycles. The summed E-state index contributed by atoms with van der Waals surface area (Å²) in [5, 5.41) is 0.607. The number of carbonyl (C=O) groups excluding carboxylic acids is 1. The van der Waals surface area contributed by atoms with Gasteiger partial charge in [-0.1, -0.05) is 37.3 Å². The minimum atomic E-state index is -0.0405. The Morgan fingerprint density at radius 2 is 2.20 bits per heavy atom. The molecule has 0 spiro atoms.